The van der Waals surface area contributed by atoms with E-state index in [1.54, 1.807) is 0 Å². The van der Waals surface area contributed by atoms with E-state index in [-0.39, 0.29) is 6.61 Å². The third-order valence-corrected chi connectivity index (χ3v) is 3.20. The number of ether oxygens (including phenoxy) is 4. The highest BCUT2D eigenvalue weighted by atomic mass is 16.6. The zero-order valence-corrected chi connectivity index (χ0v) is 13.3. The lowest BCUT2D eigenvalue weighted by molar-refractivity contribution is 0.00361. The minimum atomic E-state index is 0.0420. The molecule has 5 heteroatoms. The summed E-state index contributed by atoms with van der Waals surface area (Å²) in [5.41, 5.74) is 0. The summed E-state index contributed by atoms with van der Waals surface area (Å²) >= 11 is 0. The second-order valence-electron chi connectivity index (χ2n) is 4.92. The van der Waals surface area contributed by atoms with Crippen molar-refractivity contribution in [2.24, 2.45) is 0 Å². The highest BCUT2D eigenvalue weighted by molar-refractivity contribution is 5.83. The first-order chi connectivity index (χ1) is 11.4. The summed E-state index contributed by atoms with van der Waals surface area (Å²) in [4.78, 5) is 0. The van der Waals surface area contributed by atoms with Gasteiger partial charge in [0, 0.05) is 0 Å². The molecule has 0 radical (unpaired) electrons. The molecule has 2 aromatic carbocycles. The van der Waals surface area contributed by atoms with Crippen molar-refractivity contribution in [1.29, 1.82) is 0 Å². The maximum atomic E-state index is 8.53. The van der Waals surface area contributed by atoms with Crippen molar-refractivity contribution in [2.75, 3.05) is 52.9 Å². The highest BCUT2D eigenvalue weighted by Crippen LogP contribution is 2.20. The lowest BCUT2D eigenvalue weighted by Crippen LogP contribution is -2.13. The summed E-state index contributed by atoms with van der Waals surface area (Å²) in [6.45, 7) is 3.49. The van der Waals surface area contributed by atoms with Crippen LogP contribution in [-0.4, -0.2) is 58.0 Å². The first kappa shape index (κ1) is 17.7. The van der Waals surface area contributed by atoms with Crippen LogP contribution in [0.3, 0.4) is 0 Å². The number of aliphatic hydroxyl groups excluding tert-OH is 1. The SMILES string of the molecule is OCCOCCOCCOCCOc1ccc2ccccc2c1. The Kier molecular flexibility index (Phi) is 8.43. The minimum absolute atomic E-state index is 0.0420. The van der Waals surface area contributed by atoms with Crippen LogP contribution in [0, 0.1) is 0 Å². The van der Waals surface area contributed by atoms with E-state index < -0.39 is 0 Å². The van der Waals surface area contributed by atoms with Crippen molar-refractivity contribution in [2.45, 2.75) is 0 Å². The van der Waals surface area contributed by atoms with E-state index in [2.05, 4.69) is 18.2 Å². The topological polar surface area (TPSA) is 57.2 Å². The third kappa shape index (κ3) is 6.97. The monoisotopic (exact) mass is 320 g/mol. The number of rotatable bonds is 12. The van der Waals surface area contributed by atoms with Gasteiger partial charge in [0.05, 0.1) is 46.2 Å². The molecule has 23 heavy (non-hydrogen) atoms. The van der Waals surface area contributed by atoms with Crippen molar-refractivity contribution in [3.05, 3.63) is 42.5 Å². The van der Waals surface area contributed by atoms with Crippen LogP contribution in [0.4, 0.5) is 0 Å². The molecular formula is C18H24O5. The first-order valence-electron chi connectivity index (χ1n) is 7.86. The molecule has 5 nitrogen and oxygen atoms in total. The van der Waals surface area contributed by atoms with Crippen LogP contribution in [0.15, 0.2) is 42.5 Å². The molecule has 1 N–H and O–H groups in total. The molecule has 0 bridgehead atoms. The Morgan fingerprint density at radius 2 is 1.26 bits per heavy atom. The summed E-state index contributed by atoms with van der Waals surface area (Å²) in [7, 11) is 0. The van der Waals surface area contributed by atoms with Crippen LogP contribution >= 0.6 is 0 Å². The van der Waals surface area contributed by atoms with Crippen LogP contribution in [0.2, 0.25) is 0 Å². The van der Waals surface area contributed by atoms with Gasteiger partial charge in [0.15, 0.2) is 0 Å². The fourth-order valence-corrected chi connectivity index (χ4v) is 2.08. The molecule has 0 spiro atoms. The Labute approximate surface area is 136 Å². The lowest BCUT2D eigenvalue weighted by atomic mass is 10.1. The van der Waals surface area contributed by atoms with Crippen LogP contribution < -0.4 is 4.74 Å². The largest absolute Gasteiger partial charge is 0.491 e. The maximum Gasteiger partial charge on any atom is 0.120 e. The van der Waals surface area contributed by atoms with Gasteiger partial charge >= 0.3 is 0 Å². The number of fused-ring (bicyclic) bond motifs is 1. The van der Waals surface area contributed by atoms with Gasteiger partial charge in [-0.1, -0.05) is 30.3 Å². The van der Waals surface area contributed by atoms with Crippen molar-refractivity contribution in [3.63, 3.8) is 0 Å². The zero-order valence-electron chi connectivity index (χ0n) is 13.3. The molecule has 0 saturated carbocycles. The summed E-state index contributed by atoms with van der Waals surface area (Å²) in [5.74, 6) is 0.851. The maximum absolute atomic E-state index is 8.53. The number of aliphatic hydroxyl groups is 1. The lowest BCUT2D eigenvalue weighted by Gasteiger charge is -2.08. The van der Waals surface area contributed by atoms with Crippen LogP contribution in [0.1, 0.15) is 0 Å². The molecule has 0 amide bonds. The Balaban J connectivity index is 1.50. The average Bonchev–Trinajstić information content (AvgIpc) is 2.59. The molecule has 0 aromatic heterocycles. The second kappa shape index (κ2) is 11.0. The summed E-state index contributed by atoms with van der Waals surface area (Å²) in [6.07, 6.45) is 0. The van der Waals surface area contributed by atoms with Crippen molar-refractivity contribution in [1.82, 2.24) is 0 Å². The normalized spacial score (nSPS) is 11.0. The van der Waals surface area contributed by atoms with Gasteiger partial charge in [-0.3, -0.25) is 0 Å². The second-order valence-corrected chi connectivity index (χ2v) is 4.92. The Morgan fingerprint density at radius 3 is 1.96 bits per heavy atom. The molecule has 0 saturated heterocycles. The van der Waals surface area contributed by atoms with Crippen LogP contribution in [0.25, 0.3) is 10.8 Å². The van der Waals surface area contributed by atoms with Gasteiger partial charge in [0.2, 0.25) is 0 Å². The van der Waals surface area contributed by atoms with E-state index in [0.29, 0.717) is 46.2 Å². The molecular weight excluding hydrogens is 296 g/mol. The number of hydrogen-bond acceptors (Lipinski definition) is 5. The molecule has 0 unspecified atom stereocenters. The van der Waals surface area contributed by atoms with E-state index in [1.165, 1.54) is 10.8 Å². The molecule has 0 aliphatic heterocycles. The first-order valence-corrected chi connectivity index (χ1v) is 7.86. The van der Waals surface area contributed by atoms with Gasteiger partial charge in [-0.05, 0) is 22.9 Å². The number of hydrogen-bond donors (Lipinski definition) is 1. The molecule has 0 fully saturated rings. The summed E-state index contributed by atoms with van der Waals surface area (Å²) < 4.78 is 21.5. The Morgan fingerprint density at radius 1 is 0.652 bits per heavy atom. The highest BCUT2D eigenvalue weighted by Gasteiger charge is 1.97. The third-order valence-electron chi connectivity index (χ3n) is 3.20. The predicted molar refractivity (Wildman–Crippen MR) is 89.0 cm³/mol. The van der Waals surface area contributed by atoms with Crippen molar-refractivity contribution < 1.29 is 24.1 Å². The zero-order chi connectivity index (χ0) is 16.2. The minimum Gasteiger partial charge on any atom is -0.491 e. The fraction of sp³-hybridized carbons (Fsp3) is 0.444. The average molecular weight is 320 g/mol. The van der Waals surface area contributed by atoms with Crippen molar-refractivity contribution in [3.8, 4) is 5.75 Å². The van der Waals surface area contributed by atoms with Gasteiger partial charge in [-0.25, -0.2) is 0 Å². The van der Waals surface area contributed by atoms with Crippen LogP contribution in [-0.2, 0) is 14.2 Å². The number of benzene rings is 2. The van der Waals surface area contributed by atoms with E-state index >= 15 is 0 Å². The summed E-state index contributed by atoms with van der Waals surface area (Å²) in [5, 5.41) is 10.9. The Bertz CT molecular complexity index is 558. The predicted octanol–water partition coefficient (Wildman–Crippen LogP) is 2.26. The van der Waals surface area contributed by atoms with Crippen LogP contribution in [0.5, 0.6) is 5.75 Å². The molecule has 0 aliphatic rings. The van der Waals surface area contributed by atoms with E-state index in [4.69, 9.17) is 24.1 Å². The van der Waals surface area contributed by atoms with E-state index in [0.717, 1.165) is 5.75 Å². The molecule has 0 aliphatic carbocycles. The van der Waals surface area contributed by atoms with E-state index in [9.17, 15) is 0 Å². The standard InChI is InChI=1S/C18H24O5/c19-7-8-20-9-10-21-11-12-22-13-14-23-18-6-5-16-3-1-2-4-17(16)15-18/h1-6,15,19H,7-14H2. The summed E-state index contributed by atoms with van der Waals surface area (Å²) in [6, 6.07) is 14.2. The van der Waals surface area contributed by atoms with Gasteiger partial charge in [-0.2, -0.15) is 0 Å². The smallest absolute Gasteiger partial charge is 0.120 e. The van der Waals surface area contributed by atoms with Crippen molar-refractivity contribution >= 4 is 10.8 Å². The fourth-order valence-electron chi connectivity index (χ4n) is 2.08. The quantitative estimate of drug-likeness (QED) is 0.608. The van der Waals surface area contributed by atoms with E-state index in [1.807, 2.05) is 24.3 Å². The van der Waals surface area contributed by atoms with Gasteiger partial charge in [0.1, 0.15) is 12.4 Å². The molecule has 0 atom stereocenters. The molecule has 2 rings (SSSR count). The Hall–Kier alpha value is -1.66. The molecule has 2 aromatic rings. The molecule has 126 valence electrons. The van der Waals surface area contributed by atoms with Gasteiger partial charge in [-0.15, -0.1) is 0 Å². The molecule has 0 heterocycles. The van der Waals surface area contributed by atoms with Gasteiger partial charge in [0.25, 0.3) is 0 Å². The van der Waals surface area contributed by atoms with Gasteiger partial charge < -0.3 is 24.1 Å².